The van der Waals surface area contributed by atoms with Crippen molar-refractivity contribution in [3.63, 3.8) is 0 Å². The average molecular weight is 397 g/mol. The molecule has 9 heteroatoms. The van der Waals surface area contributed by atoms with Crippen molar-refractivity contribution >= 4 is 15.9 Å². The number of sulfonamides is 1. The van der Waals surface area contributed by atoms with Gasteiger partial charge < -0.3 is 10.2 Å². The SMILES string of the molecule is CC(C)[C@](C)(C#N)NC(=O)C[NH+]1CCN(S(=O)(=O)c2ccccc2F)CC1. The molecule has 148 valence electrons. The van der Waals surface area contributed by atoms with Gasteiger partial charge in [0.15, 0.2) is 6.54 Å². The van der Waals surface area contributed by atoms with E-state index in [9.17, 15) is 22.9 Å². The lowest BCUT2D eigenvalue weighted by Crippen LogP contribution is -3.16. The van der Waals surface area contributed by atoms with E-state index in [0.29, 0.717) is 13.1 Å². The smallest absolute Gasteiger partial charge is 0.276 e. The van der Waals surface area contributed by atoms with E-state index in [-0.39, 0.29) is 36.4 Å². The van der Waals surface area contributed by atoms with Crippen LogP contribution >= 0.6 is 0 Å². The molecule has 0 saturated carbocycles. The van der Waals surface area contributed by atoms with Crippen LogP contribution in [-0.2, 0) is 14.8 Å². The van der Waals surface area contributed by atoms with Crippen LogP contribution in [0.15, 0.2) is 29.2 Å². The largest absolute Gasteiger partial charge is 0.333 e. The van der Waals surface area contributed by atoms with E-state index in [4.69, 9.17) is 0 Å². The van der Waals surface area contributed by atoms with Gasteiger partial charge in [0.05, 0.1) is 32.2 Å². The third-order valence-corrected chi connectivity index (χ3v) is 7.01. The Morgan fingerprint density at radius 3 is 2.48 bits per heavy atom. The zero-order chi connectivity index (χ0) is 20.2. The fraction of sp³-hybridized carbons (Fsp3) is 0.556. The molecule has 1 aliphatic heterocycles. The summed E-state index contributed by atoms with van der Waals surface area (Å²) in [6, 6.07) is 7.45. The maximum absolute atomic E-state index is 13.9. The number of piperazine rings is 1. The first-order chi connectivity index (χ1) is 12.6. The maximum Gasteiger partial charge on any atom is 0.276 e. The summed E-state index contributed by atoms with van der Waals surface area (Å²) in [5.74, 6) is -1.05. The number of halogens is 1. The minimum absolute atomic E-state index is 0.0378. The normalized spacial score (nSPS) is 18.7. The summed E-state index contributed by atoms with van der Waals surface area (Å²) in [4.78, 5) is 12.9. The summed E-state index contributed by atoms with van der Waals surface area (Å²) in [5, 5.41) is 12.1. The standard InChI is InChI=1S/C18H25FN4O3S/c1-14(2)18(3,13-20)21-17(24)12-22-8-10-23(11-9-22)27(25,26)16-7-5-4-6-15(16)19/h4-7,14H,8-12H2,1-3H3,(H,21,24)/p+1/t18-/m0/s1. The van der Waals surface area contributed by atoms with Crippen molar-refractivity contribution in [1.82, 2.24) is 9.62 Å². The number of nitriles is 1. The molecule has 0 aliphatic carbocycles. The Balaban J connectivity index is 1.95. The molecule has 1 aromatic carbocycles. The van der Waals surface area contributed by atoms with Crippen LogP contribution in [0.3, 0.4) is 0 Å². The molecule has 0 radical (unpaired) electrons. The predicted molar refractivity (Wildman–Crippen MR) is 97.7 cm³/mol. The van der Waals surface area contributed by atoms with Crippen LogP contribution < -0.4 is 10.2 Å². The molecule has 1 atom stereocenters. The lowest BCUT2D eigenvalue weighted by Gasteiger charge is -2.32. The lowest BCUT2D eigenvalue weighted by atomic mass is 9.90. The van der Waals surface area contributed by atoms with Gasteiger partial charge in [-0.25, -0.2) is 12.8 Å². The zero-order valence-corrected chi connectivity index (χ0v) is 16.6. The number of nitrogens with zero attached hydrogens (tertiary/aromatic N) is 2. The van der Waals surface area contributed by atoms with E-state index in [1.165, 1.54) is 22.5 Å². The molecule has 1 aliphatic rings. The summed E-state index contributed by atoms with van der Waals surface area (Å²) in [7, 11) is -3.89. The second kappa shape index (κ2) is 8.33. The van der Waals surface area contributed by atoms with Crippen molar-refractivity contribution in [3.05, 3.63) is 30.1 Å². The highest BCUT2D eigenvalue weighted by atomic mass is 32.2. The molecule has 27 heavy (non-hydrogen) atoms. The molecular formula is C18H26FN4O3S+. The summed E-state index contributed by atoms with van der Waals surface area (Å²) >= 11 is 0. The Kier molecular flexibility index (Phi) is 6.57. The van der Waals surface area contributed by atoms with Crippen molar-refractivity contribution < 1.29 is 22.5 Å². The molecule has 2 N–H and O–H groups in total. The minimum atomic E-state index is -3.89. The third kappa shape index (κ3) is 4.83. The van der Waals surface area contributed by atoms with Crippen LogP contribution in [0, 0.1) is 23.1 Å². The van der Waals surface area contributed by atoms with Crippen molar-refractivity contribution in [2.24, 2.45) is 5.92 Å². The van der Waals surface area contributed by atoms with Gasteiger partial charge in [-0.15, -0.1) is 0 Å². The first-order valence-electron chi connectivity index (χ1n) is 8.90. The van der Waals surface area contributed by atoms with Gasteiger partial charge in [-0.2, -0.15) is 9.57 Å². The predicted octanol–water partition coefficient (Wildman–Crippen LogP) is -0.231. The Morgan fingerprint density at radius 1 is 1.37 bits per heavy atom. The van der Waals surface area contributed by atoms with Crippen molar-refractivity contribution in [2.45, 2.75) is 31.2 Å². The zero-order valence-electron chi connectivity index (χ0n) is 15.8. The summed E-state index contributed by atoms with van der Waals surface area (Å²) < 4.78 is 40.3. The topological polar surface area (TPSA) is 94.7 Å². The fourth-order valence-corrected chi connectivity index (χ4v) is 4.38. The van der Waals surface area contributed by atoms with E-state index in [0.717, 1.165) is 11.0 Å². The second-order valence-electron chi connectivity index (χ2n) is 7.28. The van der Waals surface area contributed by atoms with Gasteiger partial charge in [0.2, 0.25) is 10.0 Å². The number of carbonyl (C=O) groups excluding carboxylic acids is 1. The fourth-order valence-electron chi connectivity index (χ4n) is 2.87. The molecule has 1 amide bonds. The van der Waals surface area contributed by atoms with Crippen LogP contribution in [0.25, 0.3) is 0 Å². The Labute approximate surface area is 159 Å². The number of nitrogens with one attached hydrogen (secondary N) is 2. The summed E-state index contributed by atoms with van der Waals surface area (Å²) in [5.41, 5.74) is -0.938. The Bertz CT molecular complexity index is 829. The van der Waals surface area contributed by atoms with Gasteiger partial charge in [0.1, 0.15) is 16.3 Å². The van der Waals surface area contributed by atoms with Crippen molar-refractivity contribution in [3.8, 4) is 6.07 Å². The van der Waals surface area contributed by atoms with Crippen molar-refractivity contribution in [1.29, 1.82) is 5.26 Å². The van der Waals surface area contributed by atoms with Crippen LogP contribution in [0.1, 0.15) is 20.8 Å². The van der Waals surface area contributed by atoms with E-state index in [2.05, 4.69) is 11.4 Å². The van der Waals surface area contributed by atoms with Crippen LogP contribution in [0.2, 0.25) is 0 Å². The Hall–Kier alpha value is -2.02. The minimum Gasteiger partial charge on any atom is -0.333 e. The molecule has 2 rings (SSSR count). The molecule has 1 fully saturated rings. The first-order valence-corrected chi connectivity index (χ1v) is 10.3. The number of amides is 1. The second-order valence-corrected chi connectivity index (χ2v) is 9.18. The molecule has 1 saturated heterocycles. The van der Waals surface area contributed by atoms with E-state index < -0.39 is 21.4 Å². The number of carbonyl (C=O) groups is 1. The van der Waals surface area contributed by atoms with Crippen LogP contribution in [0.5, 0.6) is 0 Å². The number of quaternary nitrogens is 1. The van der Waals surface area contributed by atoms with Crippen molar-refractivity contribution in [2.75, 3.05) is 32.7 Å². The van der Waals surface area contributed by atoms with Gasteiger partial charge in [-0.3, -0.25) is 4.79 Å². The molecule has 0 bridgehead atoms. The van der Waals surface area contributed by atoms with Crippen LogP contribution in [-0.4, -0.2) is 56.9 Å². The van der Waals surface area contributed by atoms with Gasteiger partial charge in [-0.1, -0.05) is 26.0 Å². The number of benzene rings is 1. The molecule has 0 unspecified atom stereocenters. The molecule has 0 spiro atoms. The van der Waals surface area contributed by atoms with E-state index in [1.54, 1.807) is 6.92 Å². The average Bonchev–Trinajstić information content (AvgIpc) is 2.62. The van der Waals surface area contributed by atoms with Gasteiger partial charge >= 0.3 is 0 Å². The van der Waals surface area contributed by atoms with Gasteiger partial charge in [0, 0.05) is 0 Å². The monoisotopic (exact) mass is 397 g/mol. The Morgan fingerprint density at radius 2 is 1.96 bits per heavy atom. The molecule has 1 heterocycles. The highest BCUT2D eigenvalue weighted by Gasteiger charge is 2.34. The highest BCUT2D eigenvalue weighted by molar-refractivity contribution is 7.89. The number of rotatable bonds is 6. The van der Waals surface area contributed by atoms with Gasteiger partial charge in [0.25, 0.3) is 5.91 Å². The summed E-state index contributed by atoms with van der Waals surface area (Å²) in [6.07, 6.45) is 0. The van der Waals surface area contributed by atoms with Crippen LogP contribution in [0.4, 0.5) is 4.39 Å². The molecule has 0 aromatic heterocycles. The molecule has 7 nitrogen and oxygen atoms in total. The first kappa shape index (κ1) is 21.3. The quantitative estimate of drug-likeness (QED) is 0.693. The van der Waals surface area contributed by atoms with Gasteiger partial charge in [-0.05, 0) is 25.0 Å². The number of hydrogen-bond acceptors (Lipinski definition) is 4. The molecule has 1 aromatic rings. The maximum atomic E-state index is 13.9. The lowest BCUT2D eigenvalue weighted by molar-refractivity contribution is -0.895. The summed E-state index contributed by atoms with van der Waals surface area (Å²) in [6.45, 7) is 6.86. The van der Waals surface area contributed by atoms with E-state index in [1.807, 2.05) is 13.8 Å². The molecular weight excluding hydrogens is 371 g/mol. The van der Waals surface area contributed by atoms with E-state index >= 15 is 0 Å². The third-order valence-electron chi connectivity index (χ3n) is 5.08. The number of hydrogen-bond donors (Lipinski definition) is 2. The highest BCUT2D eigenvalue weighted by Crippen LogP contribution is 2.18.